The van der Waals surface area contributed by atoms with Gasteiger partial charge in [0, 0.05) is 29.7 Å². The van der Waals surface area contributed by atoms with Crippen LogP contribution in [0.3, 0.4) is 0 Å². The Kier molecular flexibility index (Phi) is 3.60. The number of para-hydroxylation sites is 1. The van der Waals surface area contributed by atoms with Gasteiger partial charge in [0.1, 0.15) is 5.82 Å². The number of amides is 1. The standard InChI is InChI=1S/C20H19FN2O/c1-23-18-9-5-3-6-14(18)16-12-13(10-11-19(16)23)22-20(24)15-7-2-4-8-17(15)21/h2-9,13H,10-12H2,1H3,(H,22,24). The molecule has 4 heteroatoms. The van der Waals surface area contributed by atoms with Gasteiger partial charge in [-0.1, -0.05) is 30.3 Å². The van der Waals surface area contributed by atoms with Crippen LogP contribution in [0.2, 0.25) is 0 Å². The summed E-state index contributed by atoms with van der Waals surface area (Å²) in [5, 5.41) is 4.25. The van der Waals surface area contributed by atoms with Crippen molar-refractivity contribution in [1.29, 1.82) is 0 Å². The second kappa shape index (κ2) is 5.78. The molecule has 0 bridgehead atoms. The zero-order valence-electron chi connectivity index (χ0n) is 13.6. The fraction of sp³-hybridized carbons (Fsp3) is 0.250. The first kappa shape index (κ1) is 14.9. The zero-order valence-corrected chi connectivity index (χ0v) is 13.6. The van der Waals surface area contributed by atoms with Gasteiger partial charge in [0.05, 0.1) is 5.56 Å². The minimum Gasteiger partial charge on any atom is -0.349 e. The highest BCUT2D eigenvalue weighted by atomic mass is 19.1. The Morgan fingerprint density at radius 1 is 1.17 bits per heavy atom. The van der Waals surface area contributed by atoms with Crippen molar-refractivity contribution in [2.75, 3.05) is 0 Å². The molecule has 0 spiro atoms. The molecule has 0 aliphatic heterocycles. The van der Waals surface area contributed by atoms with Crippen LogP contribution in [-0.2, 0) is 19.9 Å². The van der Waals surface area contributed by atoms with Crippen molar-refractivity contribution in [1.82, 2.24) is 9.88 Å². The van der Waals surface area contributed by atoms with E-state index in [0.29, 0.717) is 0 Å². The van der Waals surface area contributed by atoms with Crippen LogP contribution in [0.15, 0.2) is 48.5 Å². The number of aryl methyl sites for hydroxylation is 1. The number of fused-ring (bicyclic) bond motifs is 3. The van der Waals surface area contributed by atoms with Crippen LogP contribution in [0, 0.1) is 5.82 Å². The molecule has 0 radical (unpaired) electrons. The summed E-state index contributed by atoms with van der Waals surface area (Å²) in [5.41, 5.74) is 3.98. The molecule has 1 aliphatic carbocycles. The maximum atomic E-state index is 13.8. The molecule has 0 fully saturated rings. The topological polar surface area (TPSA) is 34.0 Å². The predicted octanol–water partition coefficient (Wildman–Crippen LogP) is 3.60. The molecule has 3 nitrogen and oxygen atoms in total. The number of halogens is 1. The summed E-state index contributed by atoms with van der Waals surface area (Å²) < 4.78 is 16.0. The monoisotopic (exact) mass is 322 g/mol. The number of aromatic nitrogens is 1. The van der Waals surface area contributed by atoms with Gasteiger partial charge in [0.25, 0.3) is 5.91 Å². The summed E-state index contributed by atoms with van der Waals surface area (Å²) in [5.74, 6) is -0.807. The SMILES string of the molecule is Cn1c2c(c3ccccc31)CC(NC(=O)c1ccccc1F)CC2. The van der Waals surface area contributed by atoms with Crippen molar-refractivity contribution in [3.63, 3.8) is 0 Å². The van der Waals surface area contributed by atoms with Crippen LogP contribution in [0.1, 0.15) is 28.0 Å². The molecular formula is C20H19FN2O. The molecule has 24 heavy (non-hydrogen) atoms. The third kappa shape index (κ3) is 2.39. The molecule has 0 saturated heterocycles. The summed E-state index contributed by atoms with van der Waals surface area (Å²) >= 11 is 0. The summed E-state index contributed by atoms with van der Waals surface area (Å²) in [4.78, 5) is 12.4. The zero-order chi connectivity index (χ0) is 16.7. The Balaban J connectivity index is 1.60. The second-order valence-electron chi connectivity index (χ2n) is 6.39. The molecule has 122 valence electrons. The number of rotatable bonds is 2. The van der Waals surface area contributed by atoms with E-state index in [1.165, 1.54) is 34.3 Å². The van der Waals surface area contributed by atoms with Gasteiger partial charge in [-0.3, -0.25) is 4.79 Å². The largest absolute Gasteiger partial charge is 0.349 e. The van der Waals surface area contributed by atoms with Crippen molar-refractivity contribution in [2.24, 2.45) is 7.05 Å². The normalized spacial score (nSPS) is 16.8. The first-order valence-electron chi connectivity index (χ1n) is 8.25. The molecule has 1 unspecified atom stereocenters. The molecule has 2 aromatic carbocycles. The minimum absolute atomic E-state index is 0.0374. The molecule has 3 aromatic rings. The summed E-state index contributed by atoms with van der Waals surface area (Å²) in [7, 11) is 2.10. The van der Waals surface area contributed by atoms with Gasteiger partial charge in [-0.05, 0) is 43.0 Å². The van der Waals surface area contributed by atoms with Crippen LogP contribution in [-0.4, -0.2) is 16.5 Å². The highest BCUT2D eigenvalue weighted by Gasteiger charge is 2.26. The van der Waals surface area contributed by atoms with Crippen molar-refractivity contribution in [2.45, 2.75) is 25.3 Å². The lowest BCUT2D eigenvalue weighted by Gasteiger charge is -2.24. The molecule has 1 atom stereocenters. The van der Waals surface area contributed by atoms with E-state index in [9.17, 15) is 9.18 Å². The number of carbonyl (C=O) groups excluding carboxylic acids is 1. The average molecular weight is 322 g/mol. The summed E-state index contributed by atoms with van der Waals surface area (Å²) in [6.07, 6.45) is 2.58. The van der Waals surface area contributed by atoms with E-state index in [-0.39, 0.29) is 17.5 Å². The van der Waals surface area contributed by atoms with Crippen molar-refractivity contribution >= 4 is 16.8 Å². The molecule has 1 aromatic heterocycles. The Labute approximate surface area is 140 Å². The molecule has 0 saturated carbocycles. The van der Waals surface area contributed by atoms with E-state index < -0.39 is 5.82 Å². The fourth-order valence-electron chi connectivity index (χ4n) is 3.76. The third-order valence-corrected chi connectivity index (χ3v) is 4.98. The van der Waals surface area contributed by atoms with Gasteiger partial charge in [-0.15, -0.1) is 0 Å². The lowest BCUT2D eigenvalue weighted by Crippen LogP contribution is -2.39. The first-order valence-corrected chi connectivity index (χ1v) is 8.25. The molecule has 1 amide bonds. The number of carbonyl (C=O) groups is 1. The van der Waals surface area contributed by atoms with E-state index in [2.05, 4.69) is 29.1 Å². The number of nitrogens with zero attached hydrogens (tertiary/aromatic N) is 1. The molecular weight excluding hydrogens is 303 g/mol. The quantitative estimate of drug-likeness (QED) is 0.768. The van der Waals surface area contributed by atoms with Gasteiger partial charge in [0.2, 0.25) is 0 Å². The molecule has 1 aliphatic rings. The summed E-state index contributed by atoms with van der Waals surface area (Å²) in [6, 6.07) is 14.5. The Morgan fingerprint density at radius 2 is 1.92 bits per heavy atom. The predicted molar refractivity (Wildman–Crippen MR) is 92.6 cm³/mol. The molecule has 4 rings (SSSR count). The van der Waals surface area contributed by atoms with Crippen LogP contribution in [0.25, 0.3) is 10.9 Å². The van der Waals surface area contributed by atoms with Crippen LogP contribution in [0.4, 0.5) is 4.39 Å². The Morgan fingerprint density at radius 3 is 2.75 bits per heavy atom. The van der Waals surface area contributed by atoms with Crippen molar-refractivity contribution in [3.8, 4) is 0 Å². The van der Waals surface area contributed by atoms with Gasteiger partial charge in [-0.25, -0.2) is 4.39 Å². The first-order chi connectivity index (χ1) is 11.6. The number of hydrogen-bond donors (Lipinski definition) is 1. The number of nitrogens with one attached hydrogen (secondary N) is 1. The van der Waals surface area contributed by atoms with Crippen molar-refractivity contribution in [3.05, 3.63) is 71.2 Å². The smallest absolute Gasteiger partial charge is 0.254 e. The lowest BCUT2D eigenvalue weighted by atomic mass is 9.91. The lowest BCUT2D eigenvalue weighted by molar-refractivity contribution is 0.0929. The van der Waals surface area contributed by atoms with Crippen LogP contribution >= 0.6 is 0 Å². The Bertz CT molecular complexity index is 929. The van der Waals surface area contributed by atoms with E-state index >= 15 is 0 Å². The van der Waals surface area contributed by atoms with Crippen molar-refractivity contribution < 1.29 is 9.18 Å². The second-order valence-corrected chi connectivity index (χ2v) is 6.39. The number of hydrogen-bond acceptors (Lipinski definition) is 1. The minimum atomic E-state index is -0.475. The highest BCUT2D eigenvalue weighted by molar-refractivity contribution is 5.94. The van der Waals surface area contributed by atoms with E-state index in [1.807, 2.05) is 12.1 Å². The van der Waals surface area contributed by atoms with E-state index in [0.717, 1.165) is 19.3 Å². The Hall–Kier alpha value is -2.62. The average Bonchev–Trinajstić information content (AvgIpc) is 2.88. The van der Waals surface area contributed by atoms with E-state index in [1.54, 1.807) is 12.1 Å². The van der Waals surface area contributed by atoms with E-state index in [4.69, 9.17) is 0 Å². The molecule has 1 N–H and O–H groups in total. The maximum absolute atomic E-state index is 13.8. The fourth-order valence-corrected chi connectivity index (χ4v) is 3.76. The summed E-state index contributed by atoms with van der Waals surface area (Å²) in [6.45, 7) is 0. The maximum Gasteiger partial charge on any atom is 0.254 e. The molecule has 1 heterocycles. The van der Waals surface area contributed by atoms with Gasteiger partial charge >= 0.3 is 0 Å². The van der Waals surface area contributed by atoms with Gasteiger partial charge < -0.3 is 9.88 Å². The number of benzene rings is 2. The van der Waals surface area contributed by atoms with Gasteiger partial charge in [-0.2, -0.15) is 0 Å². The third-order valence-electron chi connectivity index (χ3n) is 4.98. The van der Waals surface area contributed by atoms with Crippen LogP contribution in [0.5, 0.6) is 0 Å². The van der Waals surface area contributed by atoms with Crippen LogP contribution < -0.4 is 5.32 Å². The highest BCUT2D eigenvalue weighted by Crippen LogP contribution is 2.31. The van der Waals surface area contributed by atoms with Gasteiger partial charge in [0.15, 0.2) is 0 Å².